The first-order chi connectivity index (χ1) is 6.32. The molecule has 0 aliphatic carbocycles. The van der Waals surface area contributed by atoms with Crippen molar-refractivity contribution in [2.24, 2.45) is 0 Å². The number of hydrogen-bond acceptors (Lipinski definition) is 2. The highest BCUT2D eigenvalue weighted by Gasteiger charge is 2.38. The second kappa shape index (κ2) is 4.20. The van der Waals surface area contributed by atoms with Crippen LogP contribution in [0.1, 0.15) is 10.4 Å². The highest BCUT2D eigenvalue weighted by molar-refractivity contribution is 9.10. The first-order valence-corrected chi connectivity index (χ1v) is 5.47. The molecule has 1 aromatic heterocycles. The second-order valence-electron chi connectivity index (χ2n) is 2.92. The van der Waals surface area contributed by atoms with Crippen LogP contribution in [-0.2, 0) is 6.42 Å². The summed E-state index contributed by atoms with van der Waals surface area (Å²) in [6, 6.07) is 0. The van der Waals surface area contributed by atoms with Gasteiger partial charge in [-0.15, -0.1) is 11.3 Å². The van der Waals surface area contributed by atoms with Gasteiger partial charge in [-0.25, -0.2) is 0 Å². The molecule has 1 atom stereocenters. The van der Waals surface area contributed by atoms with Crippen molar-refractivity contribution in [1.82, 2.24) is 0 Å². The van der Waals surface area contributed by atoms with Gasteiger partial charge in [0.2, 0.25) is 0 Å². The average molecular weight is 289 g/mol. The first kappa shape index (κ1) is 12.0. The lowest BCUT2D eigenvalue weighted by atomic mass is 10.2. The number of rotatable bonds is 2. The van der Waals surface area contributed by atoms with Crippen molar-refractivity contribution in [3.05, 3.63) is 20.3 Å². The Balaban J connectivity index is 2.75. The zero-order chi connectivity index (χ0) is 10.9. The minimum atomic E-state index is -4.54. The second-order valence-corrected chi connectivity index (χ2v) is 4.67. The molecule has 6 heteroatoms. The van der Waals surface area contributed by atoms with E-state index in [0.29, 0.717) is 9.35 Å². The van der Waals surface area contributed by atoms with E-state index in [1.807, 2.05) is 0 Å². The maximum atomic E-state index is 12.0. The molecule has 0 spiro atoms. The van der Waals surface area contributed by atoms with Crippen molar-refractivity contribution >= 4 is 27.3 Å². The summed E-state index contributed by atoms with van der Waals surface area (Å²) in [5, 5.41) is 10.6. The molecule has 0 amide bonds. The highest BCUT2D eigenvalue weighted by Crippen LogP contribution is 2.31. The summed E-state index contributed by atoms with van der Waals surface area (Å²) in [6.45, 7) is 1.80. The third-order valence-corrected chi connectivity index (χ3v) is 4.22. The van der Waals surface area contributed by atoms with Gasteiger partial charge >= 0.3 is 6.18 Å². The van der Waals surface area contributed by atoms with Gasteiger partial charge in [0.15, 0.2) is 6.10 Å². The third-order valence-electron chi connectivity index (χ3n) is 1.73. The van der Waals surface area contributed by atoms with Gasteiger partial charge in [0.05, 0.1) is 0 Å². The zero-order valence-electron chi connectivity index (χ0n) is 7.23. The summed E-state index contributed by atoms with van der Waals surface area (Å²) in [6.07, 6.45) is -7.21. The maximum absolute atomic E-state index is 12.0. The van der Waals surface area contributed by atoms with E-state index < -0.39 is 12.3 Å². The molecule has 14 heavy (non-hydrogen) atoms. The van der Waals surface area contributed by atoms with Gasteiger partial charge in [-0.05, 0) is 33.8 Å². The van der Waals surface area contributed by atoms with Gasteiger partial charge in [0, 0.05) is 15.8 Å². The fourth-order valence-corrected chi connectivity index (χ4v) is 2.58. The van der Waals surface area contributed by atoms with Crippen LogP contribution in [-0.4, -0.2) is 17.4 Å². The van der Waals surface area contributed by atoms with Crippen molar-refractivity contribution in [1.29, 1.82) is 0 Å². The van der Waals surface area contributed by atoms with Crippen LogP contribution < -0.4 is 0 Å². The van der Waals surface area contributed by atoms with Crippen molar-refractivity contribution in [2.45, 2.75) is 25.6 Å². The molecular formula is C8H8BrF3OS. The lowest BCUT2D eigenvalue weighted by Gasteiger charge is -2.13. The minimum absolute atomic E-state index is 0.386. The third kappa shape index (κ3) is 2.71. The Morgan fingerprint density at radius 2 is 2.14 bits per heavy atom. The molecule has 1 nitrogen and oxygen atoms in total. The van der Waals surface area contributed by atoms with Crippen molar-refractivity contribution in [3.8, 4) is 0 Å². The molecule has 1 N–H and O–H groups in total. The lowest BCUT2D eigenvalue weighted by Crippen LogP contribution is -2.30. The van der Waals surface area contributed by atoms with E-state index >= 15 is 0 Å². The number of aliphatic hydroxyl groups is 1. The Bertz CT molecular complexity index is 321. The SMILES string of the molecule is Cc1csc(CC(O)C(F)(F)F)c1Br. The Hall–Kier alpha value is -0.0700. The summed E-state index contributed by atoms with van der Waals surface area (Å²) in [4.78, 5) is 0.521. The molecule has 1 heterocycles. The molecular weight excluding hydrogens is 281 g/mol. The molecule has 0 aliphatic rings. The normalized spacial score (nSPS) is 14.4. The Morgan fingerprint density at radius 3 is 2.50 bits per heavy atom. The molecule has 0 saturated carbocycles. The van der Waals surface area contributed by atoms with Crippen LogP contribution >= 0.6 is 27.3 Å². The molecule has 1 rings (SSSR count). The zero-order valence-corrected chi connectivity index (χ0v) is 9.63. The summed E-state index contributed by atoms with van der Waals surface area (Å²) in [7, 11) is 0. The molecule has 1 unspecified atom stereocenters. The number of alkyl halides is 3. The van der Waals surface area contributed by atoms with Crippen LogP contribution in [0, 0.1) is 6.92 Å². The Labute approximate surface area is 91.7 Å². The largest absolute Gasteiger partial charge is 0.414 e. The number of aryl methyl sites for hydroxylation is 1. The highest BCUT2D eigenvalue weighted by atomic mass is 79.9. The van der Waals surface area contributed by atoms with Crippen molar-refractivity contribution in [2.75, 3.05) is 0 Å². The number of thiophene rings is 1. The molecule has 0 saturated heterocycles. The molecule has 0 bridgehead atoms. The smallest absolute Gasteiger partial charge is 0.383 e. The maximum Gasteiger partial charge on any atom is 0.414 e. The number of halogens is 4. The van der Waals surface area contributed by atoms with E-state index in [1.165, 1.54) is 11.3 Å². The molecule has 1 aromatic rings. The van der Waals surface area contributed by atoms with Crippen LogP contribution in [0.4, 0.5) is 13.2 Å². The quantitative estimate of drug-likeness (QED) is 0.885. The summed E-state index contributed by atoms with van der Waals surface area (Å²) in [5.74, 6) is 0. The predicted molar refractivity (Wildman–Crippen MR) is 52.5 cm³/mol. The van der Waals surface area contributed by atoms with E-state index in [1.54, 1.807) is 12.3 Å². The Kier molecular flexibility index (Phi) is 3.60. The van der Waals surface area contributed by atoms with E-state index in [4.69, 9.17) is 5.11 Å². The van der Waals surface area contributed by atoms with Crippen LogP contribution in [0.15, 0.2) is 9.85 Å². The average Bonchev–Trinajstić information content (AvgIpc) is 2.34. The minimum Gasteiger partial charge on any atom is -0.383 e. The summed E-state index contributed by atoms with van der Waals surface area (Å²) >= 11 is 4.39. The number of aliphatic hydroxyl groups excluding tert-OH is 1. The first-order valence-electron chi connectivity index (χ1n) is 3.79. The van der Waals surface area contributed by atoms with Gasteiger partial charge in [0.1, 0.15) is 0 Å². The van der Waals surface area contributed by atoms with E-state index in [2.05, 4.69) is 15.9 Å². The van der Waals surface area contributed by atoms with Crippen LogP contribution in [0.25, 0.3) is 0 Å². The topological polar surface area (TPSA) is 20.2 Å². The summed E-state index contributed by atoms with van der Waals surface area (Å²) in [5.41, 5.74) is 0.888. The molecule has 80 valence electrons. The van der Waals surface area contributed by atoms with Crippen LogP contribution in [0.2, 0.25) is 0 Å². The monoisotopic (exact) mass is 288 g/mol. The molecule has 0 aromatic carbocycles. The predicted octanol–water partition coefficient (Wildman–Crippen LogP) is 3.28. The van der Waals surface area contributed by atoms with Crippen molar-refractivity contribution < 1.29 is 18.3 Å². The fraction of sp³-hybridized carbons (Fsp3) is 0.500. The van der Waals surface area contributed by atoms with Gasteiger partial charge in [-0.1, -0.05) is 0 Å². The molecule has 0 aliphatic heterocycles. The van der Waals surface area contributed by atoms with E-state index in [0.717, 1.165) is 5.56 Å². The standard InChI is InChI=1S/C8H8BrF3OS/c1-4-3-14-5(7(4)9)2-6(13)8(10,11)12/h3,6,13H,2H2,1H3. The van der Waals surface area contributed by atoms with Gasteiger partial charge in [0.25, 0.3) is 0 Å². The van der Waals surface area contributed by atoms with Gasteiger partial charge in [-0.3, -0.25) is 0 Å². The van der Waals surface area contributed by atoms with Gasteiger partial charge < -0.3 is 5.11 Å². The molecule has 0 fully saturated rings. The fourth-order valence-electron chi connectivity index (χ4n) is 0.912. The number of hydrogen-bond donors (Lipinski definition) is 1. The van der Waals surface area contributed by atoms with Crippen LogP contribution in [0.3, 0.4) is 0 Å². The Morgan fingerprint density at radius 1 is 1.57 bits per heavy atom. The van der Waals surface area contributed by atoms with Crippen molar-refractivity contribution in [3.63, 3.8) is 0 Å². The van der Waals surface area contributed by atoms with Gasteiger partial charge in [-0.2, -0.15) is 13.2 Å². The lowest BCUT2D eigenvalue weighted by molar-refractivity contribution is -0.202. The van der Waals surface area contributed by atoms with E-state index in [-0.39, 0.29) is 6.42 Å². The van der Waals surface area contributed by atoms with Crippen LogP contribution in [0.5, 0.6) is 0 Å². The summed E-state index contributed by atoms with van der Waals surface area (Å²) < 4.78 is 36.7. The molecule has 0 radical (unpaired) electrons. The van der Waals surface area contributed by atoms with E-state index in [9.17, 15) is 13.2 Å².